The zero-order chi connectivity index (χ0) is 8.97. The lowest BCUT2D eigenvalue weighted by Crippen LogP contribution is -2.14. The number of thiophene rings is 1. The Morgan fingerprint density at radius 2 is 2.50 bits per heavy atom. The van der Waals surface area contributed by atoms with Gasteiger partial charge in [0.1, 0.15) is 0 Å². The molecule has 0 saturated carbocycles. The maximum atomic E-state index is 8.56. The summed E-state index contributed by atoms with van der Waals surface area (Å²) in [6, 6.07) is 4.30. The summed E-state index contributed by atoms with van der Waals surface area (Å²) in [6.45, 7) is 2.00. The monoisotopic (exact) mass is 180 g/mol. The maximum absolute atomic E-state index is 8.56. The van der Waals surface area contributed by atoms with E-state index in [0.29, 0.717) is 0 Å². The van der Waals surface area contributed by atoms with Gasteiger partial charge in [0.15, 0.2) is 0 Å². The van der Waals surface area contributed by atoms with Crippen molar-refractivity contribution in [2.75, 3.05) is 0 Å². The van der Waals surface area contributed by atoms with Crippen LogP contribution >= 0.6 is 11.3 Å². The van der Waals surface area contributed by atoms with E-state index < -0.39 is 0 Å². The van der Waals surface area contributed by atoms with Crippen molar-refractivity contribution in [3.8, 4) is 6.07 Å². The van der Waals surface area contributed by atoms with E-state index in [1.54, 1.807) is 11.3 Å². The minimum Gasteiger partial charge on any atom is -0.328 e. The molecule has 2 nitrogen and oxygen atoms in total. The van der Waals surface area contributed by atoms with Crippen LogP contribution in [-0.2, 0) is 6.42 Å². The minimum absolute atomic E-state index is 0.248. The van der Waals surface area contributed by atoms with Gasteiger partial charge in [-0.05, 0) is 25.8 Å². The normalized spacial score (nSPS) is 12.4. The molecule has 0 aromatic carbocycles. The van der Waals surface area contributed by atoms with Crippen LogP contribution in [-0.4, -0.2) is 6.04 Å². The van der Waals surface area contributed by atoms with Crippen LogP contribution in [0.15, 0.2) is 11.4 Å². The van der Waals surface area contributed by atoms with Gasteiger partial charge in [-0.3, -0.25) is 0 Å². The Morgan fingerprint density at radius 1 is 1.75 bits per heavy atom. The van der Waals surface area contributed by atoms with Gasteiger partial charge in [-0.25, -0.2) is 0 Å². The highest BCUT2D eigenvalue weighted by Gasteiger charge is 2.00. The average molecular weight is 180 g/mol. The molecule has 3 heteroatoms. The lowest BCUT2D eigenvalue weighted by atomic mass is 10.1. The van der Waals surface area contributed by atoms with Crippen LogP contribution in [0.5, 0.6) is 0 Å². The molecule has 0 fully saturated rings. The second-order valence-electron chi connectivity index (χ2n) is 2.93. The van der Waals surface area contributed by atoms with Gasteiger partial charge in [-0.2, -0.15) is 5.26 Å². The topological polar surface area (TPSA) is 49.8 Å². The van der Waals surface area contributed by atoms with Crippen molar-refractivity contribution in [3.63, 3.8) is 0 Å². The van der Waals surface area contributed by atoms with Crippen LogP contribution in [0.4, 0.5) is 0 Å². The molecule has 0 aliphatic carbocycles. The lowest BCUT2D eigenvalue weighted by molar-refractivity contribution is 0.670. The highest BCUT2D eigenvalue weighted by atomic mass is 32.1. The Bertz CT molecular complexity index is 283. The Balaban J connectivity index is 2.48. The summed E-state index contributed by atoms with van der Waals surface area (Å²) in [5, 5.41) is 10.4. The number of hydrogen-bond acceptors (Lipinski definition) is 3. The fourth-order valence-electron chi connectivity index (χ4n) is 0.940. The van der Waals surface area contributed by atoms with E-state index in [1.807, 2.05) is 18.4 Å². The fraction of sp³-hybridized carbons (Fsp3) is 0.444. The third-order valence-electron chi connectivity index (χ3n) is 1.63. The van der Waals surface area contributed by atoms with Crippen molar-refractivity contribution in [1.82, 2.24) is 0 Å². The predicted molar refractivity (Wildman–Crippen MR) is 51.0 cm³/mol. The molecule has 1 rings (SSSR count). The Morgan fingerprint density at radius 3 is 3.00 bits per heavy atom. The molecule has 0 aliphatic heterocycles. The van der Waals surface area contributed by atoms with E-state index in [0.717, 1.165) is 18.4 Å². The average Bonchev–Trinajstić information content (AvgIpc) is 2.48. The van der Waals surface area contributed by atoms with E-state index in [9.17, 15) is 0 Å². The van der Waals surface area contributed by atoms with Crippen LogP contribution in [0.2, 0.25) is 0 Å². The summed E-state index contributed by atoms with van der Waals surface area (Å²) >= 11 is 1.64. The molecule has 2 N–H and O–H groups in total. The van der Waals surface area contributed by atoms with E-state index in [2.05, 4.69) is 6.07 Å². The zero-order valence-corrected chi connectivity index (χ0v) is 7.90. The van der Waals surface area contributed by atoms with Crippen LogP contribution in [0.1, 0.15) is 23.8 Å². The first-order chi connectivity index (χ1) is 5.72. The van der Waals surface area contributed by atoms with Gasteiger partial charge in [0.2, 0.25) is 0 Å². The molecule has 1 aromatic heterocycles. The van der Waals surface area contributed by atoms with Crippen LogP contribution in [0, 0.1) is 11.3 Å². The maximum Gasteiger partial charge on any atom is 0.1000 e. The smallest absolute Gasteiger partial charge is 0.1000 e. The quantitative estimate of drug-likeness (QED) is 0.772. The van der Waals surface area contributed by atoms with Gasteiger partial charge < -0.3 is 5.73 Å². The summed E-state index contributed by atoms with van der Waals surface area (Å²) in [4.78, 5) is 1.25. The van der Waals surface area contributed by atoms with E-state index >= 15 is 0 Å². The largest absolute Gasteiger partial charge is 0.328 e. The van der Waals surface area contributed by atoms with Crippen molar-refractivity contribution >= 4 is 11.3 Å². The standard InChI is InChI=1S/C9H12N2S/c1-7(11)2-3-9-4-8(5-10)6-12-9/h4,6-7H,2-3,11H2,1H3/t7-/m0/s1. The molecule has 1 atom stereocenters. The number of nitriles is 1. The first-order valence-electron chi connectivity index (χ1n) is 3.95. The predicted octanol–water partition coefficient (Wildman–Crippen LogP) is 1.90. The van der Waals surface area contributed by atoms with Crippen LogP contribution in [0.25, 0.3) is 0 Å². The van der Waals surface area contributed by atoms with Crippen molar-refractivity contribution in [2.24, 2.45) is 5.73 Å². The zero-order valence-electron chi connectivity index (χ0n) is 7.08. The van der Waals surface area contributed by atoms with Gasteiger partial charge in [0.05, 0.1) is 11.6 Å². The summed E-state index contributed by atoms with van der Waals surface area (Å²) in [7, 11) is 0. The Kier molecular flexibility index (Phi) is 3.27. The molecule has 0 spiro atoms. The minimum atomic E-state index is 0.248. The molecular weight excluding hydrogens is 168 g/mol. The highest BCUT2D eigenvalue weighted by molar-refractivity contribution is 7.10. The molecule has 0 unspecified atom stereocenters. The van der Waals surface area contributed by atoms with Crippen molar-refractivity contribution in [3.05, 3.63) is 21.9 Å². The SMILES string of the molecule is C[C@H](N)CCc1cc(C#N)cs1. The fourth-order valence-corrected chi connectivity index (χ4v) is 1.77. The van der Waals surface area contributed by atoms with E-state index in [4.69, 9.17) is 11.0 Å². The van der Waals surface area contributed by atoms with E-state index in [1.165, 1.54) is 4.88 Å². The second-order valence-corrected chi connectivity index (χ2v) is 3.93. The molecule has 0 bridgehead atoms. The number of rotatable bonds is 3. The molecule has 1 aromatic rings. The summed E-state index contributed by atoms with van der Waals surface area (Å²) in [6.07, 6.45) is 1.98. The first kappa shape index (κ1) is 9.24. The summed E-state index contributed by atoms with van der Waals surface area (Å²) in [5.41, 5.74) is 6.38. The molecular formula is C9H12N2S. The van der Waals surface area contributed by atoms with Gasteiger partial charge in [-0.1, -0.05) is 0 Å². The number of nitrogens with two attached hydrogens (primary N) is 1. The van der Waals surface area contributed by atoms with Gasteiger partial charge >= 0.3 is 0 Å². The summed E-state index contributed by atoms with van der Waals surface area (Å²) < 4.78 is 0. The van der Waals surface area contributed by atoms with E-state index in [-0.39, 0.29) is 6.04 Å². The van der Waals surface area contributed by atoms with Gasteiger partial charge in [-0.15, -0.1) is 11.3 Å². The lowest BCUT2D eigenvalue weighted by Gasteiger charge is -2.01. The van der Waals surface area contributed by atoms with Crippen molar-refractivity contribution in [1.29, 1.82) is 5.26 Å². The van der Waals surface area contributed by atoms with Crippen molar-refractivity contribution < 1.29 is 0 Å². The third kappa shape index (κ3) is 2.65. The molecule has 1 heterocycles. The first-order valence-corrected chi connectivity index (χ1v) is 4.83. The molecule has 12 heavy (non-hydrogen) atoms. The number of hydrogen-bond donors (Lipinski definition) is 1. The van der Waals surface area contributed by atoms with Gasteiger partial charge in [0.25, 0.3) is 0 Å². The Hall–Kier alpha value is -0.850. The van der Waals surface area contributed by atoms with Crippen LogP contribution in [0.3, 0.4) is 0 Å². The molecule has 0 amide bonds. The Labute approximate surface area is 76.6 Å². The summed E-state index contributed by atoms with van der Waals surface area (Å²) in [5.74, 6) is 0. The molecule has 0 saturated heterocycles. The number of aryl methyl sites for hydroxylation is 1. The van der Waals surface area contributed by atoms with Gasteiger partial charge in [0, 0.05) is 16.3 Å². The second kappa shape index (κ2) is 4.24. The van der Waals surface area contributed by atoms with Crippen molar-refractivity contribution in [2.45, 2.75) is 25.8 Å². The van der Waals surface area contributed by atoms with Crippen LogP contribution < -0.4 is 5.73 Å². The molecule has 0 radical (unpaired) electrons. The third-order valence-corrected chi connectivity index (χ3v) is 2.63. The molecule has 64 valence electrons. The molecule has 0 aliphatic rings. The number of nitrogens with zero attached hydrogens (tertiary/aromatic N) is 1. The highest BCUT2D eigenvalue weighted by Crippen LogP contribution is 2.15.